The molecule has 0 aromatic heterocycles. The van der Waals surface area contributed by atoms with E-state index in [1.54, 1.807) is 0 Å². The van der Waals surface area contributed by atoms with E-state index in [1.165, 1.54) is 6.07 Å². The number of rotatable bonds is 3. The van der Waals surface area contributed by atoms with Crippen molar-refractivity contribution in [3.8, 4) is 11.8 Å². The zero-order valence-corrected chi connectivity index (χ0v) is 13.4. The molecule has 0 aliphatic carbocycles. The van der Waals surface area contributed by atoms with Gasteiger partial charge >= 0.3 is 6.03 Å². The lowest BCUT2D eigenvalue weighted by Gasteiger charge is -2.13. The molecule has 2 aromatic carbocycles. The third-order valence-corrected chi connectivity index (χ3v) is 3.15. The van der Waals surface area contributed by atoms with Crippen LogP contribution in [0.4, 0.5) is 25.0 Å². The highest BCUT2D eigenvalue weighted by Crippen LogP contribution is 2.18. The van der Waals surface area contributed by atoms with Crippen molar-refractivity contribution in [1.82, 2.24) is 5.32 Å². The average molecular weight is 329 g/mol. The molecular formula is C18H17F2N3O. The van der Waals surface area contributed by atoms with E-state index in [0.717, 1.165) is 23.4 Å². The second-order valence-electron chi connectivity index (χ2n) is 5.12. The Balaban J connectivity index is 1.95. The SMILES string of the molecule is CN(C)c1ccccc1C#CCNC(=O)Nc1c(F)cccc1F. The van der Waals surface area contributed by atoms with Gasteiger partial charge in [0.15, 0.2) is 0 Å². The average Bonchev–Trinajstić information content (AvgIpc) is 2.55. The standard InChI is InChI=1S/C18H17F2N3O/c1-23(2)16-11-4-3-7-13(16)8-6-12-21-18(24)22-17-14(19)9-5-10-15(17)20/h3-5,7,9-11H,12H2,1-2H3,(H2,21,22,24). The fraction of sp³-hybridized carbons (Fsp3) is 0.167. The van der Waals surface area contributed by atoms with Gasteiger partial charge in [-0.25, -0.2) is 13.6 Å². The van der Waals surface area contributed by atoms with Gasteiger partial charge in [-0.3, -0.25) is 0 Å². The molecule has 0 radical (unpaired) electrons. The van der Waals surface area contributed by atoms with Crippen molar-refractivity contribution in [1.29, 1.82) is 0 Å². The molecule has 0 aliphatic heterocycles. The molecule has 124 valence electrons. The Kier molecular flexibility index (Phi) is 5.74. The fourth-order valence-electron chi connectivity index (χ4n) is 2.01. The van der Waals surface area contributed by atoms with E-state index >= 15 is 0 Å². The van der Waals surface area contributed by atoms with Crippen LogP contribution < -0.4 is 15.5 Å². The van der Waals surface area contributed by atoms with Crippen LogP contribution in [-0.4, -0.2) is 26.7 Å². The number of para-hydroxylation sites is 2. The molecule has 4 nitrogen and oxygen atoms in total. The molecule has 0 saturated heterocycles. The topological polar surface area (TPSA) is 44.4 Å². The Bertz CT molecular complexity index is 774. The predicted molar refractivity (Wildman–Crippen MR) is 91.0 cm³/mol. The molecule has 0 spiro atoms. The molecule has 2 N–H and O–H groups in total. The third-order valence-electron chi connectivity index (χ3n) is 3.15. The van der Waals surface area contributed by atoms with E-state index in [1.807, 2.05) is 43.3 Å². The van der Waals surface area contributed by atoms with Gasteiger partial charge < -0.3 is 15.5 Å². The molecule has 2 amide bonds. The maximum atomic E-state index is 13.4. The zero-order chi connectivity index (χ0) is 17.5. The second kappa shape index (κ2) is 7.97. The van der Waals surface area contributed by atoms with Crippen molar-refractivity contribution >= 4 is 17.4 Å². The number of carbonyl (C=O) groups is 1. The molecule has 0 fully saturated rings. The number of halogens is 2. The summed E-state index contributed by atoms with van der Waals surface area (Å²) in [6.45, 7) is 0.0453. The molecule has 0 bridgehead atoms. The van der Waals surface area contributed by atoms with Crippen LogP contribution in [0.25, 0.3) is 0 Å². The van der Waals surface area contributed by atoms with Crippen LogP contribution in [0, 0.1) is 23.5 Å². The third kappa shape index (κ3) is 4.46. The largest absolute Gasteiger partial charge is 0.377 e. The molecule has 6 heteroatoms. The normalized spacial score (nSPS) is 9.67. The monoisotopic (exact) mass is 329 g/mol. The number of carbonyl (C=O) groups excluding carboxylic acids is 1. The van der Waals surface area contributed by atoms with Crippen molar-refractivity contribution < 1.29 is 13.6 Å². The summed E-state index contributed by atoms with van der Waals surface area (Å²) >= 11 is 0. The van der Waals surface area contributed by atoms with Crippen LogP contribution in [0.15, 0.2) is 42.5 Å². The van der Waals surface area contributed by atoms with E-state index in [2.05, 4.69) is 22.5 Å². The van der Waals surface area contributed by atoms with Crippen molar-refractivity contribution in [2.24, 2.45) is 0 Å². The first-order chi connectivity index (χ1) is 11.5. The van der Waals surface area contributed by atoms with Crippen LogP contribution >= 0.6 is 0 Å². The van der Waals surface area contributed by atoms with Gasteiger partial charge in [0.25, 0.3) is 0 Å². The Morgan fingerprint density at radius 3 is 2.42 bits per heavy atom. The molecule has 0 aliphatic rings. The van der Waals surface area contributed by atoms with Gasteiger partial charge in [0.2, 0.25) is 0 Å². The van der Waals surface area contributed by atoms with Crippen LogP contribution in [0.5, 0.6) is 0 Å². The zero-order valence-electron chi connectivity index (χ0n) is 13.4. The van der Waals surface area contributed by atoms with Crippen molar-refractivity contribution in [3.05, 3.63) is 59.7 Å². The number of nitrogens with zero attached hydrogens (tertiary/aromatic N) is 1. The van der Waals surface area contributed by atoms with E-state index in [-0.39, 0.29) is 6.54 Å². The van der Waals surface area contributed by atoms with Crippen LogP contribution in [0.3, 0.4) is 0 Å². The highest BCUT2D eigenvalue weighted by Gasteiger charge is 2.10. The quantitative estimate of drug-likeness (QED) is 0.850. The van der Waals surface area contributed by atoms with Gasteiger partial charge in [0.05, 0.1) is 12.2 Å². The van der Waals surface area contributed by atoms with E-state index in [0.29, 0.717) is 0 Å². The molecule has 0 atom stereocenters. The Labute approximate surface area is 139 Å². The molecule has 2 aromatic rings. The first-order valence-electron chi connectivity index (χ1n) is 7.23. The summed E-state index contributed by atoms with van der Waals surface area (Å²) in [5, 5.41) is 4.56. The number of urea groups is 1. The molecule has 24 heavy (non-hydrogen) atoms. The Hall–Kier alpha value is -3.07. The van der Waals surface area contributed by atoms with Gasteiger partial charge in [-0.1, -0.05) is 30.0 Å². The van der Waals surface area contributed by atoms with Gasteiger partial charge in [0, 0.05) is 19.7 Å². The molecule has 2 rings (SSSR count). The fourth-order valence-corrected chi connectivity index (χ4v) is 2.01. The van der Waals surface area contributed by atoms with Gasteiger partial charge in [-0.2, -0.15) is 0 Å². The highest BCUT2D eigenvalue weighted by molar-refractivity contribution is 5.89. The number of nitrogens with one attached hydrogen (secondary N) is 2. The van der Waals surface area contributed by atoms with Crippen molar-refractivity contribution in [3.63, 3.8) is 0 Å². The van der Waals surface area contributed by atoms with E-state index in [9.17, 15) is 13.6 Å². The second-order valence-corrected chi connectivity index (χ2v) is 5.12. The minimum atomic E-state index is -0.837. The Morgan fingerprint density at radius 1 is 1.08 bits per heavy atom. The lowest BCUT2D eigenvalue weighted by atomic mass is 10.1. The van der Waals surface area contributed by atoms with Crippen LogP contribution in [0.1, 0.15) is 5.56 Å². The van der Waals surface area contributed by atoms with Crippen molar-refractivity contribution in [2.75, 3.05) is 30.9 Å². The first-order valence-corrected chi connectivity index (χ1v) is 7.23. The summed E-state index contributed by atoms with van der Waals surface area (Å²) in [7, 11) is 3.82. The number of benzene rings is 2. The van der Waals surface area contributed by atoms with Crippen LogP contribution in [-0.2, 0) is 0 Å². The highest BCUT2D eigenvalue weighted by atomic mass is 19.1. The number of hydrogen-bond acceptors (Lipinski definition) is 2. The summed E-state index contributed by atoms with van der Waals surface area (Å²) in [4.78, 5) is 13.6. The Morgan fingerprint density at radius 2 is 1.75 bits per heavy atom. The molecular weight excluding hydrogens is 312 g/mol. The molecule has 0 unspecified atom stereocenters. The lowest BCUT2D eigenvalue weighted by Crippen LogP contribution is -2.29. The molecule has 0 saturated carbocycles. The van der Waals surface area contributed by atoms with Gasteiger partial charge in [-0.15, -0.1) is 0 Å². The minimum absolute atomic E-state index is 0.0453. The number of amides is 2. The summed E-state index contributed by atoms with van der Waals surface area (Å²) in [5.41, 5.74) is 1.30. The van der Waals surface area contributed by atoms with E-state index < -0.39 is 23.4 Å². The summed E-state index contributed by atoms with van der Waals surface area (Å²) in [5.74, 6) is 4.09. The minimum Gasteiger partial charge on any atom is -0.377 e. The van der Waals surface area contributed by atoms with Gasteiger partial charge in [0.1, 0.15) is 17.3 Å². The van der Waals surface area contributed by atoms with Crippen molar-refractivity contribution in [2.45, 2.75) is 0 Å². The maximum Gasteiger partial charge on any atom is 0.320 e. The predicted octanol–water partition coefficient (Wildman–Crippen LogP) is 3.20. The first kappa shape index (κ1) is 17.3. The van der Waals surface area contributed by atoms with Crippen LogP contribution in [0.2, 0.25) is 0 Å². The smallest absolute Gasteiger partial charge is 0.320 e. The van der Waals surface area contributed by atoms with E-state index in [4.69, 9.17) is 0 Å². The molecule has 0 heterocycles. The number of anilines is 2. The maximum absolute atomic E-state index is 13.4. The lowest BCUT2D eigenvalue weighted by molar-refractivity contribution is 0.253. The summed E-state index contributed by atoms with van der Waals surface area (Å²) in [6, 6.07) is 10.2. The summed E-state index contributed by atoms with van der Waals surface area (Å²) < 4.78 is 26.9. The van der Waals surface area contributed by atoms with Gasteiger partial charge in [-0.05, 0) is 24.3 Å². The number of hydrogen-bond donors (Lipinski definition) is 2. The summed E-state index contributed by atoms with van der Waals surface area (Å²) in [6.07, 6.45) is 0.